The number of thiazole rings is 1. The summed E-state index contributed by atoms with van der Waals surface area (Å²) >= 11 is 1.52. The van der Waals surface area contributed by atoms with E-state index in [9.17, 15) is 13.2 Å². The molecule has 0 atom stereocenters. The molecule has 9 heteroatoms. The van der Waals surface area contributed by atoms with Crippen molar-refractivity contribution in [3.8, 4) is 39.0 Å². The molecule has 172 valence electrons. The summed E-state index contributed by atoms with van der Waals surface area (Å²) in [4.78, 5) is 8.93. The number of halogens is 3. The average Bonchev–Trinajstić information content (AvgIpc) is 3.50. The molecule has 0 saturated heterocycles. The summed E-state index contributed by atoms with van der Waals surface area (Å²) in [6.45, 7) is 0. The lowest BCUT2D eigenvalue weighted by Gasteiger charge is -2.11. The molecule has 0 spiro atoms. The van der Waals surface area contributed by atoms with Gasteiger partial charge in [0.2, 0.25) is 0 Å². The van der Waals surface area contributed by atoms with E-state index in [1.807, 2.05) is 41.0 Å². The van der Waals surface area contributed by atoms with Crippen molar-refractivity contribution < 1.29 is 22.6 Å². The van der Waals surface area contributed by atoms with Crippen LogP contribution in [0.4, 0.5) is 13.2 Å². The molecule has 0 N–H and O–H groups in total. The normalized spacial score (nSPS) is 11.7. The topological polar surface area (TPSA) is 49.2 Å². The maximum Gasteiger partial charge on any atom is 0.416 e. The lowest BCUT2D eigenvalue weighted by Crippen LogP contribution is -2.04. The number of aromatic nitrogens is 3. The van der Waals surface area contributed by atoms with Crippen LogP contribution in [-0.2, 0) is 6.18 Å². The van der Waals surface area contributed by atoms with Gasteiger partial charge in [0.1, 0.15) is 16.5 Å². The van der Waals surface area contributed by atoms with E-state index in [-0.39, 0.29) is 0 Å². The minimum Gasteiger partial charge on any atom is -0.497 e. The molecule has 5 nitrogen and oxygen atoms in total. The van der Waals surface area contributed by atoms with Crippen molar-refractivity contribution in [1.29, 1.82) is 0 Å². The Hall–Kier alpha value is -3.85. The first-order valence-electron chi connectivity index (χ1n) is 10.2. The fourth-order valence-electron chi connectivity index (χ4n) is 3.68. The van der Waals surface area contributed by atoms with E-state index in [1.54, 1.807) is 26.7 Å². The van der Waals surface area contributed by atoms with Crippen LogP contribution in [0.1, 0.15) is 5.56 Å². The van der Waals surface area contributed by atoms with Crippen LogP contribution in [0.25, 0.3) is 37.7 Å². The molecule has 0 bridgehead atoms. The van der Waals surface area contributed by atoms with Gasteiger partial charge in [-0.3, -0.25) is 4.57 Å². The molecule has 3 aromatic carbocycles. The summed E-state index contributed by atoms with van der Waals surface area (Å²) in [5.41, 5.74) is 3.20. The van der Waals surface area contributed by atoms with Crippen molar-refractivity contribution in [2.24, 2.45) is 0 Å². The minimum absolute atomic E-state index is 0.641. The van der Waals surface area contributed by atoms with Gasteiger partial charge in [0.25, 0.3) is 0 Å². The zero-order valence-electron chi connectivity index (χ0n) is 18.1. The number of ether oxygens (including phenoxy) is 2. The maximum atomic E-state index is 12.9. The largest absolute Gasteiger partial charge is 0.497 e. The number of fused-ring (bicyclic) bond motifs is 1. The SMILES string of the molecule is COc1cc(OC)c2sc(-c3ccc(-n4cncc4-c4ccc(C(F)(F)F)cc4)cc3)nc2c1. The van der Waals surface area contributed by atoms with E-state index in [4.69, 9.17) is 14.5 Å². The molecular weight excluding hydrogens is 463 g/mol. The zero-order valence-corrected chi connectivity index (χ0v) is 18.9. The smallest absolute Gasteiger partial charge is 0.416 e. The van der Waals surface area contributed by atoms with Crippen LogP contribution in [0.3, 0.4) is 0 Å². The maximum absolute atomic E-state index is 12.9. The van der Waals surface area contributed by atoms with Crippen LogP contribution in [0.5, 0.6) is 11.5 Å². The van der Waals surface area contributed by atoms with Gasteiger partial charge in [-0.2, -0.15) is 13.2 Å². The van der Waals surface area contributed by atoms with E-state index < -0.39 is 11.7 Å². The molecule has 0 aliphatic heterocycles. The summed E-state index contributed by atoms with van der Waals surface area (Å²) in [5, 5.41) is 0.835. The van der Waals surface area contributed by atoms with Crippen molar-refractivity contribution in [1.82, 2.24) is 14.5 Å². The van der Waals surface area contributed by atoms with Gasteiger partial charge in [-0.25, -0.2) is 9.97 Å². The minimum atomic E-state index is -4.37. The fraction of sp³-hybridized carbons (Fsp3) is 0.120. The molecule has 2 heterocycles. The van der Waals surface area contributed by atoms with Crippen LogP contribution < -0.4 is 9.47 Å². The Bertz CT molecular complexity index is 1460. The first kappa shape index (κ1) is 22.0. The molecule has 5 rings (SSSR count). The van der Waals surface area contributed by atoms with Crippen LogP contribution in [0, 0.1) is 0 Å². The molecule has 0 radical (unpaired) electrons. The second-order valence-electron chi connectivity index (χ2n) is 7.47. The van der Waals surface area contributed by atoms with Gasteiger partial charge in [0, 0.05) is 28.9 Å². The Morgan fingerprint density at radius 1 is 0.882 bits per heavy atom. The Morgan fingerprint density at radius 2 is 1.59 bits per heavy atom. The van der Waals surface area contributed by atoms with E-state index in [0.717, 1.165) is 38.6 Å². The summed E-state index contributed by atoms with van der Waals surface area (Å²) in [6, 6.07) is 16.5. The predicted octanol–water partition coefficient (Wildman–Crippen LogP) is 6.85. The third-order valence-corrected chi connectivity index (χ3v) is 6.56. The van der Waals surface area contributed by atoms with E-state index in [2.05, 4.69) is 4.98 Å². The van der Waals surface area contributed by atoms with Gasteiger partial charge >= 0.3 is 6.18 Å². The molecule has 34 heavy (non-hydrogen) atoms. The van der Waals surface area contributed by atoms with E-state index in [0.29, 0.717) is 22.8 Å². The Labute approximate surface area is 197 Å². The van der Waals surface area contributed by atoms with Gasteiger partial charge in [-0.1, -0.05) is 12.1 Å². The summed E-state index contributed by atoms with van der Waals surface area (Å²) in [7, 11) is 3.21. The van der Waals surface area contributed by atoms with Crippen molar-refractivity contribution in [2.45, 2.75) is 6.18 Å². The molecule has 0 fully saturated rings. The Kier molecular flexibility index (Phi) is 5.49. The van der Waals surface area contributed by atoms with Gasteiger partial charge in [0.05, 0.1) is 48.2 Å². The standard InChI is InChI=1S/C25H18F3N3O2S/c1-32-19-11-20-23(22(12-19)33-2)34-24(30-20)16-5-9-18(10-6-16)31-14-29-13-21(31)15-3-7-17(8-4-15)25(26,27)28/h3-14H,1-2H3. The highest BCUT2D eigenvalue weighted by atomic mass is 32.1. The number of rotatable bonds is 5. The first-order chi connectivity index (χ1) is 16.4. The number of hydrogen-bond acceptors (Lipinski definition) is 5. The number of alkyl halides is 3. The first-order valence-corrected chi connectivity index (χ1v) is 11.0. The van der Waals surface area contributed by atoms with Crippen LogP contribution in [0.15, 0.2) is 73.2 Å². The predicted molar refractivity (Wildman–Crippen MR) is 126 cm³/mol. The second kappa shape index (κ2) is 8.49. The monoisotopic (exact) mass is 481 g/mol. The Balaban J connectivity index is 1.47. The lowest BCUT2D eigenvalue weighted by atomic mass is 10.1. The van der Waals surface area contributed by atoms with Gasteiger partial charge in [-0.05, 0) is 36.4 Å². The van der Waals surface area contributed by atoms with Crippen molar-refractivity contribution in [3.63, 3.8) is 0 Å². The van der Waals surface area contributed by atoms with Gasteiger partial charge < -0.3 is 9.47 Å². The Morgan fingerprint density at radius 3 is 2.24 bits per heavy atom. The van der Waals surface area contributed by atoms with Gasteiger partial charge in [0.15, 0.2) is 0 Å². The summed E-state index contributed by atoms with van der Waals surface area (Å²) < 4.78 is 52.3. The fourth-order valence-corrected chi connectivity index (χ4v) is 4.72. The number of methoxy groups -OCH3 is 2. The quantitative estimate of drug-likeness (QED) is 0.275. The third-order valence-electron chi connectivity index (χ3n) is 5.42. The molecule has 2 aromatic heterocycles. The van der Waals surface area contributed by atoms with Crippen LogP contribution in [-0.4, -0.2) is 28.8 Å². The molecule has 0 aliphatic carbocycles. The number of nitrogens with zero attached hydrogens (tertiary/aromatic N) is 3. The molecule has 0 saturated carbocycles. The molecule has 0 aliphatic rings. The molecular formula is C25H18F3N3O2S. The summed E-state index contributed by atoms with van der Waals surface area (Å²) in [5.74, 6) is 1.38. The van der Waals surface area contributed by atoms with E-state index in [1.165, 1.54) is 23.5 Å². The average molecular weight is 481 g/mol. The highest BCUT2D eigenvalue weighted by molar-refractivity contribution is 7.22. The zero-order chi connectivity index (χ0) is 23.9. The van der Waals surface area contributed by atoms with Crippen LogP contribution in [0.2, 0.25) is 0 Å². The number of hydrogen-bond donors (Lipinski definition) is 0. The van der Waals surface area contributed by atoms with Crippen molar-refractivity contribution >= 4 is 21.6 Å². The van der Waals surface area contributed by atoms with Gasteiger partial charge in [-0.15, -0.1) is 11.3 Å². The van der Waals surface area contributed by atoms with E-state index >= 15 is 0 Å². The van der Waals surface area contributed by atoms with Crippen molar-refractivity contribution in [2.75, 3.05) is 14.2 Å². The molecule has 5 aromatic rings. The van der Waals surface area contributed by atoms with Crippen LogP contribution >= 0.6 is 11.3 Å². The number of benzene rings is 3. The summed E-state index contributed by atoms with van der Waals surface area (Å²) in [6.07, 6.45) is -1.11. The highest BCUT2D eigenvalue weighted by Crippen LogP contribution is 2.39. The molecule has 0 unspecified atom stereocenters. The highest BCUT2D eigenvalue weighted by Gasteiger charge is 2.30. The second-order valence-corrected chi connectivity index (χ2v) is 8.47. The lowest BCUT2D eigenvalue weighted by molar-refractivity contribution is -0.137. The number of imidazole rings is 1. The third kappa shape index (κ3) is 3.99. The van der Waals surface area contributed by atoms with Crippen molar-refractivity contribution in [3.05, 3.63) is 78.8 Å². The molecule has 0 amide bonds.